The van der Waals surface area contributed by atoms with Gasteiger partial charge >= 0.3 is 0 Å². The zero-order chi connectivity index (χ0) is 13.2. The highest BCUT2D eigenvalue weighted by molar-refractivity contribution is 7.15. The minimum absolute atomic E-state index is 0. The first-order valence-corrected chi connectivity index (χ1v) is 7.16. The van der Waals surface area contributed by atoms with E-state index in [4.69, 9.17) is 0 Å². The monoisotopic (exact) mass is 304 g/mol. The maximum Gasteiger partial charge on any atom is 0.233 e. The van der Waals surface area contributed by atoms with Crippen molar-refractivity contribution in [3.8, 4) is 0 Å². The van der Waals surface area contributed by atoms with Gasteiger partial charge in [0.2, 0.25) is 11.0 Å². The molecular weight excluding hydrogens is 284 g/mol. The molecule has 2 N–H and O–H groups in total. The third-order valence-electron chi connectivity index (χ3n) is 3.19. The molecule has 1 aliphatic heterocycles. The fourth-order valence-corrected chi connectivity index (χ4v) is 2.94. The summed E-state index contributed by atoms with van der Waals surface area (Å²) in [6, 6.07) is 0. The van der Waals surface area contributed by atoms with Crippen molar-refractivity contribution in [1.82, 2.24) is 15.5 Å². The molecule has 0 bridgehead atoms. The van der Waals surface area contributed by atoms with Crippen LogP contribution in [0.2, 0.25) is 0 Å². The number of hydrogen-bond donors (Lipinski definition) is 2. The Morgan fingerprint density at radius 3 is 2.84 bits per heavy atom. The van der Waals surface area contributed by atoms with E-state index >= 15 is 0 Å². The van der Waals surface area contributed by atoms with Crippen LogP contribution in [0.5, 0.6) is 0 Å². The Hall–Kier alpha value is -0.720. The Labute approximate surface area is 124 Å². The number of rotatable bonds is 4. The van der Waals surface area contributed by atoms with Gasteiger partial charge in [0, 0.05) is 13.0 Å². The molecule has 0 aromatic carbocycles. The van der Waals surface area contributed by atoms with Gasteiger partial charge in [0.1, 0.15) is 5.01 Å². The lowest BCUT2D eigenvalue weighted by Gasteiger charge is -2.20. The molecule has 1 atom stereocenters. The van der Waals surface area contributed by atoms with Gasteiger partial charge in [0.25, 0.3) is 0 Å². The van der Waals surface area contributed by atoms with Crippen LogP contribution < -0.4 is 10.6 Å². The average Bonchev–Trinajstić information content (AvgIpc) is 2.88. The average molecular weight is 305 g/mol. The molecule has 0 radical (unpaired) electrons. The maximum atomic E-state index is 12.2. The number of carbonyl (C=O) groups excluding carboxylic acids is 1. The summed E-state index contributed by atoms with van der Waals surface area (Å²) < 4.78 is 0. The first-order valence-electron chi connectivity index (χ1n) is 6.34. The summed E-state index contributed by atoms with van der Waals surface area (Å²) in [6.45, 7) is 7.91. The van der Waals surface area contributed by atoms with Gasteiger partial charge in [-0.2, -0.15) is 0 Å². The van der Waals surface area contributed by atoms with Crippen LogP contribution >= 0.6 is 23.7 Å². The third kappa shape index (κ3) is 4.12. The van der Waals surface area contributed by atoms with Crippen molar-refractivity contribution in [1.29, 1.82) is 0 Å². The molecule has 1 aromatic heterocycles. The molecule has 1 unspecified atom stereocenters. The van der Waals surface area contributed by atoms with Gasteiger partial charge in [-0.05, 0) is 25.8 Å². The lowest BCUT2D eigenvalue weighted by molar-refractivity contribution is -0.123. The molecular formula is C12H21ClN4OS. The van der Waals surface area contributed by atoms with Crippen LogP contribution in [0.1, 0.15) is 32.2 Å². The fourth-order valence-electron chi connectivity index (χ4n) is 1.99. The zero-order valence-electron chi connectivity index (χ0n) is 11.5. The van der Waals surface area contributed by atoms with Crippen LogP contribution in [0.25, 0.3) is 0 Å². The van der Waals surface area contributed by atoms with Gasteiger partial charge in [0.15, 0.2) is 0 Å². The van der Waals surface area contributed by atoms with E-state index in [0.717, 1.165) is 30.9 Å². The van der Waals surface area contributed by atoms with Gasteiger partial charge in [-0.25, -0.2) is 0 Å². The SMILES string of the molecule is CC(C)Cc1nnc(NC(=O)C2(C)CCNC2)s1.Cl. The van der Waals surface area contributed by atoms with Gasteiger partial charge < -0.3 is 10.6 Å². The van der Waals surface area contributed by atoms with Crippen molar-refractivity contribution in [2.75, 3.05) is 18.4 Å². The van der Waals surface area contributed by atoms with Crippen molar-refractivity contribution < 1.29 is 4.79 Å². The molecule has 7 heteroatoms. The third-order valence-corrected chi connectivity index (χ3v) is 4.05. The summed E-state index contributed by atoms with van der Waals surface area (Å²) in [5, 5.41) is 15.8. The van der Waals surface area contributed by atoms with E-state index in [0.29, 0.717) is 11.0 Å². The summed E-state index contributed by atoms with van der Waals surface area (Å²) in [5.41, 5.74) is -0.316. The lowest BCUT2D eigenvalue weighted by atomic mass is 9.89. The molecule has 1 saturated heterocycles. The largest absolute Gasteiger partial charge is 0.316 e. The fraction of sp³-hybridized carbons (Fsp3) is 0.750. The Balaban J connectivity index is 0.00000180. The highest BCUT2D eigenvalue weighted by Crippen LogP contribution is 2.27. The van der Waals surface area contributed by atoms with E-state index < -0.39 is 0 Å². The van der Waals surface area contributed by atoms with E-state index in [-0.39, 0.29) is 23.7 Å². The van der Waals surface area contributed by atoms with Crippen LogP contribution in [-0.2, 0) is 11.2 Å². The molecule has 2 rings (SSSR count). The lowest BCUT2D eigenvalue weighted by Crippen LogP contribution is -2.35. The number of nitrogens with zero attached hydrogens (tertiary/aromatic N) is 2. The number of amides is 1. The van der Waals surface area contributed by atoms with Crippen LogP contribution in [0.15, 0.2) is 0 Å². The second-order valence-corrected chi connectivity index (χ2v) is 6.60. The smallest absolute Gasteiger partial charge is 0.233 e. The summed E-state index contributed by atoms with van der Waals surface area (Å²) in [4.78, 5) is 12.2. The highest BCUT2D eigenvalue weighted by Gasteiger charge is 2.36. The van der Waals surface area contributed by atoms with E-state index in [9.17, 15) is 4.79 Å². The number of halogens is 1. The van der Waals surface area contributed by atoms with Crippen LogP contribution in [0, 0.1) is 11.3 Å². The van der Waals surface area contributed by atoms with Gasteiger partial charge in [-0.3, -0.25) is 4.79 Å². The summed E-state index contributed by atoms with van der Waals surface area (Å²) in [7, 11) is 0. The van der Waals surface area contributed by atoms with Gasteiger partial charge in [-0.15, -0.1) is 22.6 Å². The summed E-state index contributed by atoms with van der Waals surface area (Å²) in [5.74, 6) is 0.595. The number of anilines is 1. The Kier molecular flexibility index (Phi) is 5.70. The van der Waals surface area contributed by atoms with E-state index in [2.05, 4.69) is 34.7 Å². The minimum atomic E-state index is -0.316. The molecule has 19 heavy (non-hydrogen) atoms. The molecule has 1 aromatic rings. The van der Waals surface area contributed by atoms with Crippen molar-refractivity contribution in [2.24, 2.45) is 11.3 Å². The minimum Gasteiger partial charge on any atom is -0.316 e. The highest BCUT2D eigenvalue weighted by atomic mass is 35.5. The number of aromatic nitrogens is 2. The van der Waals surface area contributed by atoms with E-state index in [1.165, 1.54) is 11.3 Å². The molecule has 108 valence electrons. The van der Waals surface area contributed by atoms with Crippen molar-refractivity contribution in [3.63, 3.8) is 0 Å². The molecule has 5 nitrogen and oxygen atoms in total. The van der Waals surface area contributed by atoms with Crippen molar-refractivity contribution in [2.45, 2.75) is 33.6 Å². The molecule has 1 aliphatic rings. The van der Waals surface area contributed by atoms with Crippen molar-refractivity contribution in [3.05, 3.63) is 5.01 Å². The quantitative estimate of drug-likeness (QED) is 0.894. The Morgan fingerprint density at radius 1 is 1.53 bits per heavy atom. The molecule has 2 heterocycles. The predicted molar refractivity (Wildman–Crippen MR) is 79.9 cm³/mol. The first kappa shape index (κ1) is 16.3. The van der Waals surface area contributed by atoms with Gasteiger partial charge in [-0.1, -0.05) is 25.2 Å². The topological polar surface area (TPSA) is 66.9 Å². The Bertz CT molecular complexity index is 429. The second-order valence-electron chi connectivity index (χ2n) is 5.54. The molecule has 0 saturated carbocycles. The molecule has 1 amide bonds. The molecule has 0 spiro atoms. The first-order chi connectivity index (χ1) is 8.49. The summed E-state index contributed by atoms with van der Waals surface area (Å²) in [6.07, 6.45) is 1.78. The molecule has 0 aliphatic carbocycles. The van der Waals surface area contributed by atoms with Crippen LogP contribution in [0.4, 0.5) is 5.13 Å². The number of carbonyl (C=O) groups is 1. The van der Waals surface area contributed by atoms with Crippen molar-refractivity contribution >= 4 is 34.8 Å². The molecule has 1 fully saturated rings. The van der Waals surface area contributed by atoms with Gasteiger partial charge in [0.05, 0.1) is 5.41 Å². The predicted octanol–water partition coefficient (Wildman–Crippen LogP) is 2.10. The number of nitrogens with one attached hydrogen (secondary N) is 2. The summed E-state index contributed by atoms with van der Waals surface area (Å²) >= 11 is 1.47. The Morgan fingerprint density at radius 2 is 2.26 bits per heavy atom. The standard InChI is InChI=1S/C12H20N4OS.ClH/c1-8(2)6-9-15-16-11(18-9)14-10(17)12(3)4-5-13-7-12;/h8,13H,4-7H2,1-3H3,(H,14,16,17);1H. The van der Waals surface area contributed by atoms with E-state index in [1.54, 1.807) is 0 Å². The normalized spacial score (nSPS) is 22.3. The van der Waals surface area contributed by atoms with Crippen LogP contribution in [0.3, 0.4) is 0 Å². The zero-order valence-corrected chi connectivity index (χ0v) is 13.2. The van der Waals surface area contributed by atoms with E-state index in [1.807, 2.05) is 6.92 Å². The number of hydrogen-bond acceptors (Lipinski definition) is 5. The van der Waals surface area contributed by atoms with Crippen LogP contribution in [-0.4, -0.2) is 29.2 Å². The second kappa shape index (κ2) is 6.63. The maximum absolute atomic E-state index is 12.2.